The molecule has 0 radical (unpaired) electrons. The topological polar surface area (TPSA) is 74.6 Å². The minimum Gasteiger partial charge on any atom is -0.441 e. The molecule has 0 spiro atoms. The fourth-order valence-corrected chi connectivity index (χ4v) is 1.75. The zero-order valence-electron chi connectivity index (χ0n) is 10.3. The van der Waals surface area contributed by atoms with Crippen molar-refractivity contribution < 1.29 is 14.0 Å². The number of carbonyl (C=O) groups excluding carboxylic acids is 2. The Morgan fingerprint density at radius 1 is 1.22 bits per heavy atom. The summed E-state index contributed by atoms with van der Waals surface area (Å²) in [5, 5.41) is 4.54. The van der Waals surface area contributed by atoms with Crippen molar-refractivity contribution >= 4 is 23.9 Å². The lowest BCUT2D eigenvalue weighted by Crippen LogP contribution is -2.22. The lowest BCUT2D eigenvalue weighted by Gasteiger charge is -2.16. The smallest absolute Gasteiger partial charge is 0.326 e. The van der Waals surface area contributed by atoms with Gasteiger partial charge in [0.2, 0.25) is 0 Å². The molecular formula is C12H15N3O3. The predicted octanol–water partition coefficient (Wildman–Crippen LogP) is 1.31. The third-order valence-corrected chi connectivity index (χ3v) is 2.69. The van der Waals surface area contributed by atoms with Crippen LogP contribution in [0.25, 0.3) is 6.08 Å². The van der Waals surface area contributed by atoms with Crippen LogP contribution in [0.5, 0.6) is 0 Å². The Morgan fingerprint density at radius 3 is 2.50 bits per heavy atom. The van der Waals surface area contributed by atoms with Gasteiger partial charge in [-0.2, -0.15) is 0 Å². The monoisotopic (exact) mass is 249 g/mol. The normalized spacial score (nSPS) is 16.9. The van der Waals surface area contributed by atoms with Gasteiger partial charge in [0.25, 0.3) is 5.91 Å². The van der Waals surface area contributed by atoms with Crippen LogP contribution in [-0.2, 0) is 4.79 Å². The van der Waals surface area contributed by atoms with Crippen molar-refractivity contribution in [1.82, 2.24) is 10.6 Å². The highest BCUT2D eigenvalue weighted by Crippen LogP contribution is 2.20. The molecule has 0 unspecified atom stereocenters. The van der Waals surface area contributed by atoms with Crippen LogP contribution in [0.1, 0.15) is 19.6 Å². The highest BCUT2D eigenvalue weighted by atomic mass is 16.4. The highest BCUT2D eigenvalue weighted by Gasteiger charge is 2.23. The van der Waals surface area contributed by atoms with Crippen molar-refractivity contribution in [3.05, 3.63) is 23.6 Å². The van der Waals surface area contributed by atoms with Crippen LogP contribution in [0, 0.1) is 0 Å². The molecule has 2 N–H and O–H groups in total. The number of imide groups is 1. The summed E-state index contributed by atoms with van der Waals surface area (Å²) in [6.07, 6.45) is 1.51. The molecule has 1 fully saturated rings. The van der Waals surface area contributed by atoms with Crippen LogP contribution >= 0.6 is 0 Å². The van der Waals surface area contributed by atoms with E-state index in [0.29, 0.717) is 5.76 Å². The first-order valence-electron chi connectivity index (χ1n) is 5.82. The Bertz CT molecular complexity index is 500. The fraction of sp³-hybridized carbons (Fsp3) is 0.333. The zero-order chi connectivity index (χ0) is 13.1. The van der Waals surface area contributed by atoms with Crippen LogP contribution < -0.4 is 15.5 Å². The SMILES string of the molecule is CCN(CC)c1ccc(C=C2NC(=O)NC2=O)o1. The summed E-state index contributed by atoms with van der Waals surface area (Å²) in [5.41, 5.74) is 0.195. The quantitative estimate of drug-likeness (QED) is 0.623. The first-order chi connectivity index (χ1) is 8.63. The highest BCUT2D eigenvalue weighted by molar-refractivity contribution is 6.13. The maximum Gasteiger partial charge on any atom is 0.326 e. The predicted molar refractivity (Wildman–Crippen MR) is 66.9 cm³/mol. The Hall–Kier alpha value is -2.24. The van der Waals surface area contributed by atoms with Gasteiger partial charge in [-0.25, -0.2) is 4.79 Å². The molecular weight excluding hydrogens is 234 g/mol. The molecule has 6 nitrogen and oxygen atoms in total. The summed E-state index contributed by atoms with van der Waals surface area (Å²) in [7, 11) is 0. The molecule has 1 saturated heterocycles. The molecule has 1 aromatic heterocycles. The lowest BCUT2D eigenvalue weighted by molar-refractivity contribution is -0.115. The Kier molecular flexibility index (Phi) is 3.36. The van der Waals surface area contributed by atoms with Gasteiger partial charge in [-0.15, -0.1) is 0 Å². The van der Waals surface area contributed by atoms with E-state index in [2.05, 4.69) is 15.5 Å². The number of urea groups is 1. The molecule has 0 saturated carbocycles. The molecule has 0 aromatic carbocycles. The molecule has 0 atom stereocenters. The average molecular weight is 249 g/mol. The van der Waals surface area contributed by atoms with E-state index < -0.39 is 11.9 Å². The molecule has 2 heterocycles. The van der Waals surface area contributed by atoms with E-state index in [0.717, 1.165) is 19.0 Å². The summed E-state index contributed by atoms with van der Waals surface area (Å²) < 4.78 is 5.59. The van der Waals surface area contributed by atoms with Crippen LogP contribution in [0.3, 0.4) is 0 Å². The third-order valence-electron chi connectivity index (χ3n) is 2.69. The molecule has 6 heteroatoms. The Balaban J connectivity index is 2.18. The van der Waals surface area contributed by atoms with Crippen molar-refractivity contribution in [3.8, 4) is 0 Å². The van der Waals surface area contributed by atoms with Crippen molar-refractivity contribution in [2.75, 3.05) is 18.0 Å². The maximum absolute atomic E-state index is 11.3. The van der Waals surface area contributed by atoms with Gasteiger partial charge in [-0.1, -0.05) is 0 Å². The van der Waals surface area contributed by atoms with E-state index in [1.54, 1.807) is 6.07 Å². The average Bonchev–Trinajstić information content (AvgIpc) is 2.89. The summed E-state index contributed by atoms with van der Waals surface area (Å²) in [5.74, 6) is 0.835. The first-order valence-corrected chi connectivity index (χ1v) is 5.82. The first kappa shape index (κ1) is 12.2. The summed E-state index contributed by atoms with van der Waals surface area (Å²) in [6, 6.07) is 3.09. The molecule has 0 aliphatic carbocycles. The fourth-order valence-electron chi connectivity index (χ4n) is 1.75. The number of nitrogens with zero attached hydrogens (tertiary/aromatic N) is 1. The second-order valence-electron chi connectivity index (χ2n) is 3.81. The van der Waals surface area contributed by atoms with E-state index in [-0.39, 0.29) is 5.70 Å². The Labute approximate surface area is 105 Å². The van der Waals surface area contributed by atoms with Gasteiger partial charge in [0.15, 0.2) is 5.88 Å². The molecule has 1 aromatic rings. The molecule has 0 bridgehead atoms. The minimum absolute atomic E-state index is 0.195. The molecule has 3 amide bonds. The second kappa shape index (κ2) is 4.95. The van der Waals surface area contributed by atoms with E-state index in [1.807, 2.05) is 19.9 Å². The maximum atomic E-state index is 11.3. The van der Waals surface area contributed by atoms with Crippen LogP contribution in [-0.4, -0.2) is 25.0 Å². The largest absolute Gasteiger partial charge is 0.441 e. The molecule has 96 valence electrons. The number of rotatable bonds is 4. The van der Waals surface area contributed by atoms with Gasteiger partial charge in [0.05, 0.1) is 0 Å². The van der Waals surface area contributed by atoms with Crippen LogP contribution in [0.2, 0.25) is 0 Å². The number of furan rings is 1. The Morgan fingerprint density at radius 2 is 1.94 bits per heavy atom. The van der Waals surface area contributed by atoms with Crippen molar-refractivity contribution in [2.24, 2.45) is 0 Å². The van der Waals surface area contributed by atoms with Crippen molar-refractivity contribution in [1.29, 1.82) is 0 Å². The lowest BCUT2D eigenvalue weighted by atomic mass is 10.3. The van der Waals surface area contributed by atoms with Gasteiger partial charge < -0.3 is 14.6 Å². The summed E-state index contributed by atoms with van der Waals surface area (Å²) in [4.78, 5) is 24.3. The summed E-state index contributed by atoms with van der Waals surface area (Å²) >= 11 is 0. The number of hydrogen-bond acceptors (Lipinski definition) is 4. The van der Waals surface area contributed by atoms with Gasteiger partial charge in [0, 0.05) is 25.2 Å². The van der Waals surface area contributed by atoms with E-state index in [1.165, 1.54) is 6.08 Å². The molecule has 2 rings (SSSR count). The number of hydrogen-bond donors (Lipinski definition) is 2. The third kappa shape index (κ3) is 2.37. The van der Waals surface area contributed by atoms with Gasteiger partial charge >= 0.3 is 6.03 Å². The molecule has 18 heavy (non-hydrogen) atoms. The van der Waals surface area contributed by atoms with Gasteiger partial charge in [-0.05, 0) is 19.9 Å². The van der Waals surface area contributed by atoms with Gasteiger partial charge in [-0.3, -0.25) is 10.1 Å². The number of amides is 3. The molecule has 1 aliphatic rings. The molecule has 1 aliphatic heterocycles. The van der Waals surface area contributed by atoms with E-state index in [9.17, 15) is 9.59 Å². The number of nitrogens with one attached hydrogen (secondary N) is 2. The standard InChI is InChI=1S/C12H15N3O3/c1-3-15(4-2)10-6-5-8(18-10)7-9-11(16)14-12(17)13-9/h5-7H,3-4H2,1-2H3,(H2,13,14,16,17). The van der Waals surface area contributed by atoms with E-state index in [4.69, 9.17) is 4.42 Å². The van der Waals surface area contributed by atoms with Crippen molar-refractivity contribution in [2.45, 2.75) is 13.8 Å². The number of carbonyl (C=O) groups is 2. The van der Waals surface area contributed by atoms with Gasteiger partial charge in [0.1, 0.15) is 11.5 Å². The van der Waals surface area contributed by atoms with Crippen molar-refractivity contribution in [3.63, 3.8) is 0 Å². The zero-order valence-corrected chi connectivity index (χ0v) is 10.3. The second-order valence-corrected chi connectivity index (χ2v) is 3.81. The minimum atomic E-state index is -0.512. The van der Waals surface area contributed by atoms with E-state index >= 15 is 0 Å². The number of anilines is 1. The summed E-state index contributed by atoms with van der Waals surface area (Å²) in [6.45, 7) is 5.76. The van der Waals surface area contributed by atoms with Crippen LogP contribution in [0.15, 0.2) is 22.2 Å². The van der Waals surface area contributed by atoms with Crippen LogP contribution in [0.4, 0.5) is 10.7 Å².